The van der Waals surface area contributed by atoms with E-state index in [-0.39, 0.29) is 17.9 Å². The molecule has 1 fully saturated rings. The van der Waals surface area contributed by atoms with E-state index in [1.54, 1.807) is 0 Å². The average molecular weight is 265 g/mol. The number of likely N-dealkylation sites (tertiary alicyclic amines) is 1. The minimum absolute atomic E-state index is 0.0937. The lowest BCUT2D eigenvalue weighted by atomic mass is 10.1. The standard InChI is InChI=1S/C14H16FNO3/c15-11-8-14-13(18-5-6-19-14)7-10(11)12(17)9-16-3-1-2-4-16/h7-8H,1-6,9H2. The van der Waals surface area contributed by atoms with Gasteiger partial charge in [0, 0.05) is 6.07 Å². The number of hydrogen-bond acceptors (Lipinski definition) is 4. The molecular weight excluding hydrogens is 249 g/mol. The Bertz CT molecular complexity index is 498. The van der Waals surface area contributed by atoms with E-state index in [0.29, 0.717) is 24.7 Å². The third-order valence-electron chi connectivity index (χ3n) is 3.50. The van der Waals surface area contributed by atoms with Gasteiger partial charge in [-0.25, -0.2) is 4.39 Å². The molecule has 3 rings (SSSR count). The van der Waals surface area contributed by atoms with Crippen LogP contribution in [0.25, 0.3) is 0 Å². The fourth-order valence-corrected chi connectivity index (χ4v) is 2.51. The molecule has 102 valence electrons. The van der Waals surface area contributed by atoms with Crippen molar-refractivity contribution < 1.29 is 18.7 Å². The molecule has 2 heterocycles. The number of fused-ring (bicyclic) bond motifs is 1. The van der Waals surface area contributed by atoms with Crippen molar-refractivity contribution in [2.24, 2.45) is 0 Å². The second kappa shape index (κ2) is 5.17. The summed E-state index contributed by atoms with van der Waals surface area (Å²) < 4.78 is 24.6. The summed E-state index contributed by atoms with van der Waals surface area (Å²) in [5.41, 5.74) is 0.0937. The summed E-state index contributed by atoms with van der Waals surface area (Å²) in [6.07, 6.45) is 2.22. The van der Waals surface area contributed by atoms with Gasteiger partial charge in [-0.1, -0.05) is 0 Å². The molecule has 1 saturated heterocycles. The number of benzene rings is 1. The van der Waals surface area contributed by atoms with Crippen LogP contribution in [-0.4, -0.2) is 43.5 Å². The minimum Gasteiger partial charge on any atom is -0.486 e. The Labute approximate surface area is 111 Å². The van der Waals surface area contributed by atoms with Crippen LogP contribution in [0.5, 0.6) is 11.5 Å². The smallest absolute Gasteiger partial charge is 0.179 e. The van der Waals surface area contributed by atoms with Crippen molar-refractivity contribution in [3.63, 3.8) is 0 Å². The van der Waals surface area contributed by atoms with E-state index in [9.17, 15) is 9.18 Å². The van der Waals surface area contributed by atoms with Gasteiger partial charge in [0.05, 0.1) is 12.1 Å². The van der Waals surface area contributed by atoms with Crippen molar-refractivity contribution in [2.45, 2.75) is 12.8 Å². The van der Waals surface area contributed by atoms with Gasteiger partial charge in [-0.15, -0.1) is 0 Å². The molecule has 0 spiro atoms. The van der Waals surface area contributed by atoms with E-state index in [1.807, 2.05) is 0 Å². The Morgan fingerprint density at radius 2 is 1.79 bits per heavy atom. The molecule has 5 heteroatoms. The topological polar surface area (TPSA) is 38.8 Å². The Hall–Kier alpha value is -1.62. The number of ether oxygens (including phenoxy) is 2. The van der Waals surface area contributed by atoms with Gasteiger partial charge in [0.15, 0.2) is 17.3 Å². The Balaban J connectivity index is 1.81. The molecule has 0 radical (unpaired) electrons. The number of halogens is 1. The molecular formula is C14H16FNO3. The lowest BCUT2D eigenvalue weighted by molar-refractivity contribution is 0.0939. The molecule has 19 heavy (non-hydrogen) atoms. The molecule has 4 nitrogen and oxygen atoms in total. The number of ketones is 1. The molecule has 0 amide bonds. The second-order valence-electron chi connectivity index (χ2n) is 4.88. The molecule has 0 saturated carbocycles. The molecule has 1 aromatic carbocycles. The van der Waals surface area contributed by atoms with Crippen LogP contribution in [0.4, 0.5) is 4.39 Å². The average Bonchev–Trinajstić information content (AvgIpc) is 2.90. The van der Waals surface area contributed by atoms with Crippen molar-refractivity contribution in [1.82, 2.24) is 4.90 Å². The van der Waals surface area contributed by atoms with Crippen molar-refractivity contribution >= 4 is 5.78 Å². The van der Waals surface area contributed by atoms with Gasteiger partial charge in [0.1, 0.15) is 19.0 Å². The summed E-state index contributed by atoms with van der Waals surface area (Å²) in [4.78, 5) is 14.2. The van der Waals surface area contributed by atoms with Gasteiger partial charge in [0.2, 0.25) is 0 Å². The van der Waals surface area contributed by atoms with E-state index in [1.165, 1.54) is 12.1 Å². The van der Waals surface area contributed by atoms with E-state index in [0.717, 1.165) is 25.9 Å². The molecule has 1 aromatic rings. The monoisotopic (exact) mass is 265 g/mol. The van der Waals surface area contributed by atoms with E-state index >= 15 is 0 Å². The predicted octanol–water partition coefficient (Wildman–Crippen LogP) is 1.88. The lowest BCUT2D eigenvalue weighted by Crippen LogP contribution is -2.27. The first-order valence-corrected chi connectivity index (χ1v) is 6.59. The van der Waals surface area contributed by atoms with Crippen molar-refractivity contribution in [3.05, 3.63) is 23.5 Å². The van der Waals surface area contributed by atoms with Crippen molar-refractivity contribution in [2.75, 3.05) is 32.8 Å². The second-order valence-corrected chi connectivity index (χ2v) is 4.88. The third-order valence-corrected chi connectivity index (χ3v) is 3.50. The molecule has 0 N–H and O–H groups in total. The maximum Gasteiger partial charge on any atom is 0.179 e. The van der Waals surface area contributed by atoms with Gasteiger partial charge < -0.3 is 9.47 Å². The molecule has 2 aliphatic rings. The summed E-state index contributed by atoms with van der Waals surface area (Å²) in [5, 5.41) is 0. The first-order chi connectivity index (χ1) is 9.24. The van der Waals surface area contributed by atoms with Crippen LogP contribution >= 0.6 is 0 Å². The van der Waals surface area contributed by atoms with Gasteiger partial charge in [-0.3, -0.25) is 9.69 Å². The molecule has 0 bridgehead atoms. The highest BCUT2D eigenvalue weighted by Crippen LogP contribution is 2.32. The highest BCUT2D eigenvalue weighted by atomic mass is 19.1. The Kier molecular flexibility index (Phi) is 3.38. The maximum absolute atomic E-state index is 13.9. The van der Waals surface area contributed by atoms with E-state index < -0.39 is 5.82 Å². The van der Waals surface area contributed by atoms with Crippen LogP contribution in [-0.2, 0) is 0 Å². The molecule has 0 atom stereocenters. The number of Topliss-reactive ketones (excluding diaryl/α,β-unsaturated/α-hetero) is 1. The first-order valence-electron chi connectivity index (χ1n) is 6.59. The van der Waals surface area contributed by atoms with Crippen molar-refractivity contribution in [1.29, 1.82) is 0 Å². The molecule has 0 aliphatic carbocycles. The summed E-state index contributed by atoms with van der Waals surface area (Å²) in [6.45, 7) is 2.94. The molecule has 0 unspecified atom stereocenters. The number of rotatable bonds is 3. The Morgan fingerprint density at radius 3 is 2.47 bits per heavy atom. The fourth-order valence-electron chi connectivity index (χ4n) is 2.51. The number of carbonyl (C=O) groups is 1. The predicted molar refractivity (Wildman–Crippen MR) is 67.4 cm³/mol. The minimum atomic E-state index is -0.534. The Morgan fingerprint density at radius 1 is 1.16 bits per heavy atom. The van der Waals surface area contributed by atoms with Crippen LogP contribution in [0.2, 0.25) is 0 Å². The largest absolute Gasteiger partial charge is 0.486 e. The normalized spacial score (nSPS) is 18.6. The van der Waals surface area contributed by atoms with Gasteiger partial charge in [0.25, 0.3) is 0 Å². The maximum atomic E-state index is 13.9. The zero-order valence-electron chi connectivity index (χ0n) is 10.7. The van der Waals surface area contributed by atoms with Gasteiger partial charge in [-0.2, -0.15) is 0 Å². The van der Waals surface area contributed by atoms with Crippen LogP contribution < -0.4 is 9.47 Å². The van der Waals surface area contributed by atoms with Crippen LogP contribution in [0.15, 0.2) is 12.1 Å². The van der Waals surface area contributed by atoms with Crippen molar-refractivity contribution in [3.8, 4) is 11.5 Å². The highest BCUT2D eigenvalue weighted by molar-refractivity contribution is 5.98. The molecule has 2 aliphatic heterocycles. The van der Waals surface area contributed by atoms with Gasteiger partial charge >= 0.3 is 0 Å². The number of nitrogens with zero attached hydrogens (tertiary/aromatic N) is 1. The first kappa shape index (κ1) is 12.4. The quantitative estimate of drug-likeness (QED) is 0.782. The van der Waals surface area contributed by atoms with E-state index in [4.69, 9.17) is 9.47 Å². The summed E-state index contributed by atoms with van der Waals surface area (Å²) in [5.74, 6) is 0.101. The molecule has 0 aromatic heterocycles. The summed E-state index contributed by atoms with van der Waals surface area (Å²) >= 11 is 0. The van der Waals surface area contributed by atoms with E-state index in [2.05, 4.69) is 4.90 Å². The summed E-state index contributed by atoms with van der Waals surface area (Å²) in [7, 11) is 0. The lowest BCUT2D eigenvalue weighted by Gasteiger charge is -2.20. The zero-order valence-corrected chi connectivity index (χ0v) is 10.7. The number of carbonyl (C=O) groups excluding carboxylic acids is 1. The number of hydrogen-bond donors (Lipinski definition) is 0. The van der Waals surface area contributed by atoms with Crippen LogP contribution in [0.3, 0.4) is 0 Å². The third kappa shape index (κ3) is 2.56. The van der Waals surface area contributed by atoms with Gasteiger partial charge in [-0.05, 0) is 32.0 Å². The SMILES string of the molecule is O=C(CN1CCCC1)c1cc2c(cc1F)OCCO2. The fraction of sp³-hybridized carbons (Fsp3) is 0.500. The summed E-state index contributed by atoms with van der Waals surface area (Å²) in [6, 6.07) is 2.70. The highest BCUT2D eigenvalue weighted by Gasteiger charge is 2.22. The zero-order chi connectivity index (χ0) is 13.2. The van der Waals surface area contributed by atoms with Crippen LogP contribution in [0.1, 0.15) is 23.2 Å². The van der Waals surface area contributed by atoms with Crippen LogP contribution in [0, 0.1) is 5.82 Å².